The second-order valence-electron chi connectivity index (χ2n) is 5.40. The van der Waals surface area contributed by atoms with Crippen LogP contribution in [0.1, 0.15) is 36.8 Å². The third-order valence-electron chi connectivity index (χ3n) is 4.01. The number of hydrogen-bond donors (Lipinski definition) is 2. The number of nitriles is 1. The molecule has 0 saturated heterocycles. The quantitative estimate of drug-likeness (QED) is 0.897. The average Bonchev–Trinajstić information content (AvgIpc) is 2.46. The lowest BCUT2D eigenvalue weighted by Gasteiger charge is -2.32. The first-order valence-corrected chi connectivity index (χ1v) is 7.03. The molecule has 0 amide bonds. The number of nitrogens with two attached hydrogens (primary N) is 1. The van der Waals surface area contributed by atoms with E-state index in [-0.39, 0.29) is 11.6 Å². The monoisotopic (exact) mass is 297 g/mol. The number of alkyl halides is 3. The number of hydrogen-bond acceptors (Lipinski definition) is 3. The van der Waals surface area contributed by atoms with Crippen LogP contribution in [0.5, 0.6) is 0 Å². The molecule has 114 valence electrons. The average molecular weight is 297 g/mol. The molecule has 0 heterocycles. The van der Waals surface area contributed by atoms with Crippen molar-refractivity contribution in [3.05, 3.63) is 29.3 Å². The van der Waals surface area contributed by atoms with E-state index in [9.17, 15) is 13.2 Å². The first-order chi connectivity index (χ1) is 9.95. The van der Waals surface area contributed by atoms with Crippen LogP contribution in [0, 0.1) is 17.2 Å². The molecule has 1 fully saturated rings. The van der Waals surface area contributed by atoms with Crippen molar-refractivity contribution in [2.45, 2.75) is 37.9 Å². The van der Waals surface area contributed by atoms with E-state index in [1.165, 1.54) is 12.1 Å². The van der Waals surface area contributed by atoms with Crippen molar-refractivity contribution in [2.75, 3.05) is 11.9 Å². The molecule has 0 bridgehead atoms. The summed E-state index contributed by atoms with van der Waals surface area (Å²) in [5.41, 5.74) is 5.04. The Morgan fingerprint density at radius 2 is 2.00 bits per heavy atom. The summed E-state index contributed by atoms with van der Waals surface area (Å²) in [6.45, 7) is 0.559. The van der Waals surface area contributed by atoms with Gasteiger partial charge in [-0.25, -0.2) is 0 Å². The van der Waals surface area contributed by atoms with Gasteiger partial charge in [0.1, 0.15) is 0 Å². The summed E-state index contributed by atoms with van der Waals surface area (Å²) in [4.78, 5) is 0. The number of rotatable bonds is 3. The fourth-order valence-corrected chi connectivity index (χ4v) is 2.87. The Morgan fingerprint density at radius 3 is 2.62 bits per heavy atom. The molecule has 1 aromatic carbocycles. The second-order valence-corrected chi connectivity index (χ2v) is 5.40. The highest BCUT2D eigenvalue weighted by Gasteiger charge is 2.33. The van der Waals surface area contributed by atoms with E-state index in [1.54, 1.807) is 6.07 Å². The molecule has 2 unspecified atom stereocenters. The molecule has 0 aliphatic heterocycles. The predicted octanol–water partition coefficient (Wildman–Crippen LogP) is 3.51. The molecule has 21 heavy (non-hydrogen) atoms. The Kier molecular flexibility index (Phi) is 4.73. The minimum Gasteiger partial charge on any atom is -0.382 e. The minimum atomic E-state index is -4.51. The molecule has 1 aromatic rings. The van der Waals surface area contributed by atoms with Gasteiger partial charge < -0.3 is 11.1 Å². The Labute approximate surface area is 121 Å². The SMILES string of the molecule is N#Cc1cc(NC2CCCCC2CN)ccc1C(F)(F)F. The van der Waals surface area contributed by atoms with Gasteiger partial charge in [0, 0.05) is 11.7 Å². The van der Waals surface area contributed by atoms with Crippen LogP contribution in [-0.2, 0) is 6.18 Å². The van der Waals surface area contributed by atoms with Crippen LogP contribution < -0.4 is 11.1 Å². The van der Waals surface area contributed by atoms with Crippen molar-refractivity contribution >= 4 is 5.69 Å². The third-order valence-corrected chi connectivity index (χ3v) is 4.01. The van der Waals surface area contributed by atoms with Crippen molar-refractivity contribution in [1.29, 1.82) is 5.26 Å². The molecular weight excluding hydrogens is 279 g/mol. The zero-order chi connectivity index (χ0) is 15.5. The van der Waals surface area contributed by atoms with Crippen LogP contribution in [-0.4, -0.2) is 12.6 Å². The van der Waals surface area contributed by atoms with Gasteiger partial charge in [0.15, 0.2) is 0 Å². The predicted molar refractivity (Wildman–Crippen MR) is 74.6 cm³/mol. The smallest absolute Gasteiger partial charge is 0.382 e. The highest BCUT2D eigenvalue weighted by molar-refractivity contribution is 5.54. The van der Waals surface area contributed by atoms with Gasteiger partial charge in [-0.15, -0.1) is 0 Å². The van der Waals surface area contributed by atoms with Crippen LogP contribution in [0.2, 0.25) is 0 Å². The molecular formula is C15H18F3N3. The molecule has 2 rings (SSSR count). The molecule has 2 atom stereocenters. The molecule has 0 aromatic heterocycles. The van der Waals surface area contributed by atoms with Gasteiger partial charge in [-0.1, -0.05) is 12.8 Å². The molecule has 1 aliphatic carbocycles. The van der Waals surface area contributed by atoms with Gasteiger partial charge in [0.2, 0.25) is 0 Å². The van der Waals surface area contributed by atoms with E-state index in [0.717, 1.165) is 31.7 Å². The maximum Gasteiger partial charge on any atom is 0.417 e. The van der Waals surface area contributed by atoms with Crippen molar-refractivity contribution in [1.82, 2.24) is 0 Å². The first kappa shape index (κ1) is 15.6. The van der Waals surface area contributed by atoms with Crippen LogP contribution in [0.25, 0.3) is 0 Å². The Hall–Kier alpha value is -1.74. The fourth-order valence-electron chi connectivity index (χ4n) is 2.87. The van der Waals surface area contributed by atoms with E-state index >= 15 is 0 Å². The van der Waals surface area contributed by atoms with Gasteiger partial charge in [-0.3, -0.25) is 0 Å². The van der Waals surface area contributed by atoms with Crippen molar-refractivity contribution < 1.29 is 13.2 Å². The number of nitrogens with one attached hydrogen (secondary N) is 1. The zero-order valence-electron chi connectivity index (χ0n) is 11.6. The summed E-state index contributed by atoms with van der Waals surface area (Å²) < 4.78 is 38.3. The van der Waals surface area contributed by atoms with Crippen LogP contribution in [0.4, 0.5) is 18.9 Å². The highest BCUT2D eigenvalue weighted by Crippen LogP contribution is 2.34. The van der Waals surface area contributed by atoms with Crippen molar-refractivity contribution in [3.63, 3.8) is 0 Å². The topological polar surface area (TPSA) is 61.8 Å². The maximum absolute atomic E-state index is 12.8. The van der Waals surface area contributed by atoms with Gasteiger partial charge >= 0.3 is 6.18 Å². The number of halogens is 3. The molecule has 0 radical (unpaired) electrons. The summed E-state index contributed by atoms with van der Waals surface area (Å²) in [6, 6.07) is 5.39. The van der Waals surface area contributed by atoms with Crippen LogP contribution in [0.3, 0.4) is 0 Å². The van der Waals surface area contributed by atoms with E-state index < -0.39 is 11.7 Å². The lowest BCUT2D eigenvalue weighted by molar-refractivity contribution is -0.137. The summed E-state index contributed by atoms with van der Waals surface area (Å²) in [5.74, 6) is 0.326. The normalized spacial score (nSPS) is 22.6. The number of benzene rings is 1. The maximum atomic E-state index is 12.8. The summed E-state index contributed by atoms with van der Waals surface area (Å²) in [5, 5.41) is 12.1. The molecule has 6 heteroatoms. The van der Waals surface area contributed by atoms with Gasteiger partial charge in [-0.2, -0.15) is 18.4 Å². The Morgan fingerprint density at radius 1 is 1.29 bits per heavy atom. The number of anilines is 1. The molecule has 3 nitrogen and oxygen atoms in total. The van der Waals surface area contributed by atoms with E-state index in [0.29, 0.717) is 18.2 Å². The highest BCUT2D eigenvalue weighted by atomic mass is 19.4. The zero-order valence-corrected chi connectivity index (χ0v) is 11.6. The van der Waals surface area contributed by atoms with Crippen molar-refractivity contribution in [3.8, 4) is 6.07 Å². The summed E-state index contributed by atoms with van der Waals surface area (Å²) >= 11 is 0. The summed E-state index contributed by atoms with van der Waals surface area (Å²) in [7, 11) is 0. The standard InChI is InChI=1S/C15H18F3N3/c16-15(17,18)13-6-5-12(7-11(13)9-20)21-14-4-2-1-3-10(14)8-19/h5-7,10,14,21H,1-4,8,19H2. The van der Waals surface area contributed by atoms with E-state index in [2.05, 4.69) is 5.32 Å². The minimum absolute atomic E-state index is 0.159. The Balaban J connectivity index is 2.20. The van der Waals surface area contributed by atoms with E-state index in [4.69, 9.17) is 11.0 Å². The van der Waals surface area contributed by atoms with E-state index in [1.807, 2.05) is 0 Å². The molecule has 1 aliphatic rings. The fraction of sp³-hybridized carbons (Fsp3) is 0.533. The second kappa shape index (κ2) is 6.35. The lowest BCUT2D eigenvalue weighted by Crippen LogP contribution is -2.36. The summed E-state index contributed by atoms with van der Waals surface area (Å²) in [6.07, 6.45) is -0.310. The molecule has 3 N–H and O–H groups in total. The van der Waals surface area contributed by atoms with Gasteiger partial charge in [0.05, 0.1) is 17.2 Å². The lowest BCUT2D eigenvalue weighted by atomic mass is 9.84. The first-order valence-electron chi connectivity index (χ1n) is 7.03. The van der Waals surface area contributed by atoms with Gasteiger partial charge in [-0.05, 0) is 43.5 Å². The number of nitrogens with zero attached hydrogens (tertiary/aromatic N) is 1. The molecule has 1 saturated carbocycles. The van der Waals surface area contributed by atoms with Crippen molar-refractivity contribution in [2.24, 2.45) is 11.7 Å². The largest absolute Gasteiger partial charge is 0.417 e. The third kappa shape index (κ3) is 3.67. The Bertz CT molecular complexity index is 534. The van der Waals surface area contributed by atoms with Crippen LogP contribution >= 0.6 is 0 Å². The van der Waals surface area contributed by atoms with Crippen LogP contribution in [0.15, 0.2) is 18.2 Å². The molecule has 0 spiro atoms. The van der Waals surface area contributed by atoms with Gasteiger partial charge in [0.25, 0.3) is 0 Å².